The van der Waals surface area contributed by atoms with Gasteiger partial charge in [-0.1, -0.05) is 59.8 Å². The Morgan fingerprint density at radius 3 is 2.29 bits per heavy atom. The van der Waals surface area contributed by atoms with E-state index in [0.717, 1.165) is 23.7 Å². The van der Waals surface area contributed by atoms with Crippen LogP contribution in [0.3, 0.4) is 0 Å². The van der Waals surface area contributed by atoms with Gasteiger partial charge in [-0.25, -0.2) is 0 Å². The van der Waals surface area contributed by atoms with Crippen LogP contribution in [-0.2, 0) is 22.3 Å². The lowest BCUT2D eigenvalue weighted by Gasteiger charge is -2.20. The highest BCUT2D eigenvalue weighted by Crippen LogP contribution is 2.40. The summed E-state index contributed by atoms with van der Waals surface area (Å²) in [4.78, 5) is 18.4. The van der Waals surface area contributed by atoms with E-state index in [9.17, 15) is 18.0 Å². The number of hydrogen-bond donors (Lipinski definition) is 0. The Morgan fingerprint density at radius 1 is 0.951 bits per heavy atom. The molecule has 0 saturated carbocycles. The Balaban J connectivity index is 1.43. The standard InChI is InChI=1S/C32H34F3N3O3/c1-21-9-6-7-10-25(21)26-17-16-24(19-27(26)32(33,34)35)30-36-29(37-41-30)23-14-12-22(13-15-23)20-38(5)18-8-11-28(39)40-31(2,3)4/h6-7,9-10,12-17,19H,8,11,18,20H2,1-5H3. The van der Waals surface area contributed by atoms with Gasteiger partial charge in [0, 0.05) is 24.1 Å². The fourth-order valence-electron chi connectivity index (χ4n) is 4.52. The highest BCUT2D eigenvalue weighted by atomic mass is 19.4. The first-order valence-electron chi connectivity index (χ1n) is 13.4. The summed E-state index contributed by atoms with van der Waals surface area (Å²) in [6, 6.07) is 18.6. The molecule has 0 radical (unpaired) electrons. The number of nitrogens with zero attached hydrogens (tertiary/aromatic N) is 3. The molecule has 0 aliphatic carbocycles. The Labute approximate surface area is 238 Å². The molecule has 0 aliphatic rings. The van der Waals surface area contributed by atoms with Gasteiger partial charge in [-0.15, -0.1) is 0 Å². The number of hydrogen-bond acceptors (Lipinski definition) is 6. The second-order valence-electron chi connectivity index (χ2n) is 11.1. The number of alkyl halides is 3. The van der Waals surface area contributed by atoms with Gasteiger partial charge in [0.05, 0.1) is 5.56 Å². The fraction of sp³-hybridized carbons (Fsp3) is 0.344. The number of halogens is 3. The van der Waals surface area contributed by atoms with E-state index >= 15 is 0 Å². The van der Waals surface area contributed by atoms with Gasteiger partial charge in [-0.05, 0) is 82.1 Å². The second kappa shape index (κ2) is 12.3. The highest BCUT2D eigenvalue weighted by molar-refractivity contribution is 5.74. The summed E-state index contributed by atoms with van der Waals surface area (Å²) in [5.74, 6) is 0.0936. The molecule has 1 heterocycles. The smallest absolute Gasteiger partial charge is 0.417 e. The first-order chi connectivity index (χ1) is 19.3. The maximum absolute atomic E-state index is 14.0. The van der Waals surface area contributed by atoms with Crippen LogP contribution >= 0.6 is 0 Å². The number of benzene rings is 3. The predicted molar refractivity (Wildman–Crippen MR) is 152 cm³/mol. The maximum atomic E-state index is 14.0. The molecule has 41 heavy (non-hydrogen) atoms. The lowest BCUT2D eigenvalue weighted by Crippen LogP contribution is -2.25. The van der Waals surface area contributed by atoms with Gasteiger partial charge < -0.3 is 14.2 Å². The van der Waals surface area contributed by atoms with Gasteiger partial charge in [0.25, 0.3) is 5.89 Å². The first kappa shape index (κ1) is 30.0. The highest BCUT2D eigenvalue weighted by Gasteiger charge is 2.34. The molecule has 0 unspecified atom stereocenters. The van der Waals surface area contributed by atoms with Crippen LogP contribution in [-0.4, -0.2) is 40.2 Å². The third-order valence-electron chi connectivity index (χ3n) is 6.44. The molecule has 0 atom stereocenters. The van der Waals surface area contributed by atoms with Crippen LogP contribution in [0.5, 0.6) is 0 Å². The van der Waals surface area contributed by atoms with Crippen LogP contribution in [0.1, 0.15) is 50.3 Å². The zero-order valence-electron chi connectivity index (χ0n) is 23.9. The van der Waals surface area contributed by atoms with E-state index in [-0.39, 0.29) is 28.8 Å². The van der Waals surface area contributed by atoms with Gasteiger partial charge in [0.2, 0.25) is 5.82 Å². The average Bonchev–Trinajstić information content (AvgIpc) is 3.38. The second-order valence-corrected chi connectivity index (χ2v) is 11.1. The van der Waals surface area contributed by atoms with E-state index in [1.807, 2.05) is 52.1 Å². The van der Waals surface area contributed by atoms with Gasteiger partial charge in [0.15, 0.2) is 0 Å². The lowest BCUT2D eigenvalue weighted by molar-refractivity contribution is -0.155. The summed E-state index contributed by atoms with van der Waals surface area (Å²) in [7, 11) is 1.98. The normalized spacial score (nSPS) is 12.1. The van der Waals surface area contributed by atoms with Crippen molar-refractivity contribution < 1.29 is 27.2 Å². The molecular weight excluding hydrogens is 531 g/mol. The number of aryl methyl sites for hydroxylation is 1. The zero-order valence-corrected chi connectivity index (χ0v) is 23.9. The quantitative estimate of drug-likeness (QED) is 0.192. The van der Waals surface area contributed by atoms with Gasteiger partial charge in [0.1, 0.15) is 5.60 Å². The molecule has 0 saturated heterocycles. The van der Waals surface area contributed by atoms with Crippen LogP contribution < -0.4 is 0 Å². The van der Waals surface area contributed by atoms with E-state index in [4.69, 9.17) is 9.26 Å². The van der Waals surface area contributed by atoms with E-state index in [2.05, 4.69) is 15.0 Å². The van der Waals surface area contributed by atoms with Gasteiger partial charge >= 0.3 is 12.1 Å². The molecule has 0 bridgehead atoms. The molecule has 1 aromatic heterocycles. The minimum absolute atomic E-state index is 0.00984. The zero-order chi connectivity index (χ0) is 29.8. The topological polar surface area (TPSA) is 68.5 Å². The van der Waals surface area contributed by atoms with Crippen LogP contribution in [0, 0.1) is 6.92 Å². The van der Waals surface area contributed by atoms with E-state index in [1.54, 1.807) is 37.3 Å². The third-order valence-corrected chi connectivity index (χ3v) is 6.44. The van der Waals surface area contributed by atoms with Crippen LogP contribution in [0.15, 0.2) is 71.3 Å². The van der Waals surface area contributed by atoms with E-state index in [1.165, 1.54) is 6.07 Å². The van der Waals surface area contributed by atoms with Crippen molar-refractivity contribution in [2.75, 3.05) is 13.6 Å². The minimum Gasteiger partial charge on any atom is -0.460 e. The first-order valence-corrected chi connectivity index (χ1v) is 13.4. The van der Waals surface area contributed by atoms with Crippen LogP contribution in [0.2, 0.25) is 0 Å². The van der Waals surface area contributed by atoms with Crippen molar-refractivity contribution in [3.8, 4) is 34.0 Å². The molecule has 0 amide bonds. The van der Waals surface area contributed by atoms with Crippen molar-refractivity contribution in [2.45, 2.75) is 58.9 Å². The van der Waals surface area contributed by atoms with E-state index < -0.39 is 17.3 Å². The summed E-state index contributed by atoms with van der Waals surface area (Å²) < 4.78 is 52.8. The molecule has 0 spiro atoms. The maximum Gasteiger partial charge on any atom is 0.417 e. The minimum atomic E-state index is -4.56. The van der Waals surface area contributed by atoms with Crippen molar-refractivity contribution in [1.29, 1.82) is 0 Å². The monoisotopic (exact) mass is 565 g/mol. The summed E-state index contributed by atoms with van der Waals surface area (Å²) >= 11 is 0. The van der Waals surface area contributed by atoms with Crippen LogP contribution in [0.4, 0.5) is 13.2 Å². The molecular formula is C32H34F3N3O3. The Hall–Kier alpha value is -3.98. The summed E-state index contributed by atoms with van der Waals surface area (Å²) in [5.41, 5.74) is 2.06. The lowest BCUT2D eigenvalue weighted by atomic mass is 9.94. The number of rotatable bonds is 9. The molecule has 9 heteroatoms. The van der Waals surface area contributed by atoms with Crippen molar-refractivity contribution in [1.82, 2.24) is 15.0 Å². The van der Waals surface area contributed by atoms with Crippen molar-refractivity contribution in [2.24, 2.45) is 0 Å². The number of esters is 1. The number of ether oxygens (including phenoxy) is 1. The molecule has 0 aliphatic heterocycles. The molecule has 6 nitrogen and oxygen atoms in total. The average molecular weight is 566 g/mol. The molecule has 4 aromatic rings. The molecule has 0 fully saturated rings. The van der Waals surface area contributed by atoms with Crippen molar-refractivity contribution in [3.63, 3.8) is 0 Å². The summed E-state index contributed by atoms with van der Waals surface area (Å²) in [5, 5.41) is 4.00. The number of carbonyl (C=O) groups excluding carboxylic acids is 1. The largest absolute Gasteiger partial charge is 0.460 e. The van der Waals surface area contributed by atoms with Gasteiger partial charge in [-0.2, -0.15) is 18.2 Å². The number of carbonyl (C=O) groups is 1. The van der Waals surface area contributed by atoms with Crippen molar-refractivity contribution in [3.05, 3.63) is 83.4 Å². The fourth-order valence-corrected chi connectivity index (χ4v) is 4.52. The third kappa shape index (κ3) is 8.04. The molecule has 3 aromatic carbocycles. The Bertz CT molecular complexity index is 1490. The molecule has 216 valence electrons. The van der Waals surface area contributed by atoms with Crippen LogP contribution in [0.25, 0.3) is 34.0 Å². The van der Waals surface area contributed by atoms with Gasteiger partial charge in [-0.3, -0.25) is 4.79 Å². The van der Waals surface area contributed by atoms with E-state index in [0.29, 0.717) is 30.5 Å². The van der Waals surface area contributed by atoms with Crippen molar-refractivity contribution >= 4 is 5.97 Å². The Morgan fingerprint density at radius 2 is 1.63 bits per heavy atom. The Kier molecular flexibility index (Phi) is 8.97. The SMILES string of the molecule is Cc1ccccc1-c1ccc(-c2nc(-c3ccc(CN(C)CCCC(=O)OC(C)(C)C)cc3)no2)cc1C(F)(F)F. The summed E-state index contributed by atoms with van der Waals surface area (Å²) in [6.45, 7) is 8.75. The molecule has 0 N–H and O–H groups in total. The predicted octanol–water partition coefficient (Wildman–Crippen LogP) is 7.95. The number of aromatic nitrogens is 2. The summed E-state index contributed by atoms with van der Waals surface area (Å²) in [6.07, 6.45) is -3.51. The molecule has 4 rings (SSSR count).